The molecule has 0 radical (unpaired) electrons. The molecule has 1 heterocycles. The Morgan fingerprint density at radius 3 is 2.70 bits per heavy atom. The van der Waals surface area contributed by atoms with Crippen LogP contribution in [0.15, 0.2) is 48.5 Å². The van der Waals surface area contributed by atoms with Gasteiger partial charge in [0.15, 0.2) is 0 Å². The Morgan fingerprint density at radius 1 is 1.15 bits per heavy atom. The number of hydrogen-bond donors (Lipinski definition) is 2. The number of hydrogen-bond acceptors (Lipinski definition) is 3. The highest BCUT2D eigenvalue weighted by Crippen LogP contribution is 2.25. The van der Waals surface area contributed by atoms with Crippen LogP contribution in [-0.2, 0) is 11.2 Å². The highest BCUT2D eigenvalue weighted by molar-refractivity contribution is 6.42. The van der Waals surface area contributed by atoms with Crippen LogP contribution in [0.2, 0.25) is 10.0 Å². The van der Waals surface area contributed by atoms with Gasteiger partial charge in [-0.3, -0.25) is 9.78 Å². The first-order chi connectivity index (χ1) is 13.0. The van der Waals surface area contributed by atoms with Gasteiger partial charge in [0.2, 0.25) is 5.91 Å². The lowest BCUT2D eigenvalue weighted by Gasteiger charge is -2.08. The number of fused-ring (bicyclic) bond motifs is 1. The topological polar surface area (TPSA) is 68.0 Å². The first kappa shape index (κ1) is 19.2. The van der Waals surface area contributed by atoms with Crippen molar-refractivity contribution in [1.82, 2.24) is 4.98 Å². The summed E-state index contributed by atoms with van der Waals surface area (Å²) in [4.78, 5) is 16.8. The molecule has 6 heteroatoms. The molecule has 0 unspecified atom stereocenters. The molecular formula is C21H19Cl2N3O. The molecule has 138 valence electrons. The average Bonchev–Trinajstić information content (AvgIpc) is 2.63. The van der Waals surface area contributed by atoms with Gasteiger partial charge in [-0.25, -0.2) is 0 Å². The zero-order valence-electron chi connectivity index (χ0n) is 14.8. The number of rotatable bonds is 5. The van der Waals surface area contributed by atoms with Crippen molar-refractivity contribution in [2.24, 2.45) is 0 Å². The van der Waals surface area contributed by atoms with E-state index in [1.807, 2.05) is 24.3 Å². The molecule has 0 saturated heterocycles. The maximum Gasteiger partial charge on any atom is 0.248 e. The normalized spacial score (nSPS) is 11.2. The van der Waals surface area contributed by atoms with Gasteiger partial charge in [0.05, 0.1) is 15.6 Å². The van der Waals surface area contributed by atoms with E-state index in [0.29, 0.717) is 21.4 Å². The van der Waals surface area contributed by atoms with E-state index < -0.39 is 0 Å². The number of anilines is 2. The number of aromatic nitrogens is 1. The number of halogens is 2. The predicted octanol–water partition coefficient (Wildman–Crippen LogP) is 5.73. The van der Waals surface area contributed by atoms with Crippen LogP contribution in [0.25, 0.3) is 17.0 Å². The number of nitrogen functional groups attached to an aromatic ring is 1. The van der Waals surface area contributed by atoms with E-state index in [1.54, 1.807) is 24.3 Å². The third kappa shape index (κ3) is 4.79. The van der Waals surface area contributed by atoms with Crippen LogP contribution in [0.5, 0.6) is 0 Å². The van der Waals surface area contributed by atoms with Gasteiger partial charge in [-0.05, 0) is 54.5 Å². The molecule has 0 saturated carbocycles. The SMILES string of the molecule is CCCc1cc(N)c2cc(NC(=O)/C=C/c3ccc(Cl)c(Cl)c3)ccc2n1. The Labute approximate surface area is 168 Å². The number of nitrogens with zero attached hydrogens (tertiary/aromatic N) is 1. The molecule has 4 nitrogen and oxygen atoms in total. The van der Waals surface area contributed by atoms with Crippen molar-refractivity contribution in [1.29, 1.82) is 0 Å². The largest absolute Gasteiger partial charge is 0.398 e. The van der Waals surface area contributed by atoms with Crippen LogP contribution in [0.4, 0.5) is 11.4 Å². The number of nitrogens with two attached hydrogens (primary N) is 1. The Hall–Kier alpha value is -2.56. The standard InChI is InChI=1S/C21H19Cl2N3O/c1-2-3-14-12-19(24)16-11-15(6-8-20(16)25-14)26-21(27)9-5-13-4-7-17(22)18(23)10-13/h4-12H,2-3H2,1H3,(H2,24,25)(H,26,27)/b9-5+. The van der Waals surface area contributed by atoms with Gasteiger partial charge < -0.3 is 11.1 Å². The smallest absolute Gasteiger partial charge is 0.248 e. The van der Waals surface area contributed by atoms with Crippen LogP contribution < -0.4 is 11.1 Å². The molecule has 1 aromatic heterocycles. The maximum atomic E-state index is 12.2. The lowest BCUT2D eigenvalue weighted by Crippen LogP contribution is -2.08. The molecule has 27 heavy (non-hydrogen) atoms. The minimum absolute atomic E-state index is 0.255. The Bertz CT molecular complexity index is 1030. The van der Waals surface area contributed by atoms with Crippen molar-refractivity contribution in [2.45, 2.75) is 19.8 Å². The molecule has 0 atom stereocenters. The molecule has 0 spiro atoms. The second-order valence-corrected chi connectivity index (χ2v) is 7.00. The van der Waals surface area contributed by atoms with Crippen molar-refractivity contribution in [3.8, 4) is 0 Å². The summed E-state index contributed by atoms with van der Waals surface area (Å²) in [6.45, 7) is 2.10. The van der Waals surface area contributed by atoms with Crippen LogP contribution in [-0.4, -0.2) is 10.9 Å². The summed E-state index contributed by atoms with van der Waals surface area (Å²) in [7, 11) is 0. The summed E-state index contributed by atoms with van der Waals surface area (Å²) >= 11 is 11.9. The molecule has 0 aliphatic carbocycles. The van der Waals surface area contributed by atoms with Crippen molar-refractivity contribution in [2.75, 3.05) is 11.1 Å². The molecular weight excluding hydrogens is 381 g/mol. The molecule has 3 aromatic rings. The van der Waals surface area contributed by atoms with Crippen LogP contribution in [0.1, 0.15) is 24.6 Å². The summed E-state index contributed by atoms with van der Waals surface area (Å²) in [5, 5.41) is 4.57. The predicted molar refractivity (Wildman–Crippen MR) is 114 cm³/mol. The van der Waals surface area contributed by atoms with E-state index >= 15 is 0 Å². The fraction of sp³-hybridized carbons (Fsp3) is 0.143. The number of benzene rings is 2. The minimum Gasteiger partial charge on any atom is -0.398 e. The molecule has 3 rings (SSSR count). The molecule has 0 bridgehead atoms. The van der Waals surface area contributed by atoms with E-state index in [1.165, 1.54) is 6.08 Å². The highest BCUT2D eigenvalue weighted by Gasteiger charge is 2.06. The van der Waals surface area contributed by atoms with E-state index in [2.05, 4.69) is 17.2 Å². The van der Waals surface area contributed by atoms with Gasteiger partial charge >= 0.3 is 0 Å². The van der Waals surface area contributed by atoms with Crippen LogP contribution >= 0.6 is 23.2 Å². The lowest BCUT2D eigenvalue weighted by atomic mass is 10.1. The summed E-state index contributed by atoms with van der Waals surface area (Å²) < 4.78 is 0. The third-order valence-electron chi connectivity index (χ3n) is 4.04. The van der Waals surface area contributed by atoms with E-state index in [-0.39, 0.29) is 5.91 Å². The summed E-state index contributed by atoms with van der Waals surface area (Å²) in [6.07, 6.45) is 5.01. The van der Waals surface area contributed by atoms with E-state index in [0.717, 1.165) is 35.0 Å². The quantitative estimate of drug-likeness (QED) is 0.538. The third-order valence-corrected chi connectivity index (χ3v) is 4.78. The number of carbonyl (C=O) groups is 1. The van der Waals surface area contributed by atoms with E-state index in [4.69, 9.17) is 28.9 Å². The number of carbonyl (C=O) groups excluding carboxylic acids is 1. The van der Waals surface area contributed by atoms with Crippen molar-refractivity contribution in [3.05, 3.63) is 69.8 Å². The number of pyridine rings is 1. The number of aryl methyl sites for hydroxylation is 1. The van der Waals surface area contributed by atoms with Gasteiger partial charge in [-0.2, -0.15) is 0 Å². The monoisotopic (exact) mass is 399 g/mol. The molecule has 0 aliphatic heterocycles. The Morgan fingerprint density at radius 2 is 1.96 bits per heavy atom. The second-order valence-electron chi connectivity index (χ2n) is 6.18. The first-order valence-corrected chi connectivity index (χ1v) is 9.35. The Balaban J connectivity index is 1.76. The van der Waals surface area contributed by atoms with Gasteiger partial charge in [0.1, 0.15) is 0 Å². The van der Waals surface area contributed by atoms with E-state index in [9.17, 15) is 4.79 Å². The summed E-state index contributed by atoms with van der Waals surface area (Å²) in [6, 6.07) is 12.6. The number of amides is 1. The molecule has 0 fully saturated rings. The van der Waals surface area contributed by atoms with Crippen molar-refractivity contribution in [3.63, 3.8) is 0 Å². The second kappa shape index (κ2) is 8.42. The van der Waals surface area contributed by atoms with Gasteiger partial charge in [0.25, 0.3) is 0 Å². The van der Waals surface area contributed by atoms with Gasteiger partial charge in [-0.15, -0.1) is 0 Å². The fourth-order valence-corrected chi connectivity index (χ4v) is 3.05. The molecule has 1 amide bonds. The summed E-state index contributed by atoms with van der Waals surface area (Å²) in [5.74, 6) is -0.255. The molecule has 3 N–H and O–H groups in total. The average molecular weight is 400 g/mol. The molecule has 2 aromatic carbocycles. The molecule has 0 aliphatic rings. The first-order valence-electron chi connectivity index (χ1n) is 8.59. The van der Waals surface area contributed by atoms with Gasteiger partial charge in [0, 0.05) is 28.5 Å². The fourth-order valence-electron chi connectivity index (χ4n) is 2.74. The van der Waals surface area contributed by atoms with Crippen LogP contribution in [0.3, 0.4) is 0 Å². The highest BCUT2D eigenvalue weighted by atomic mass is 35.5. The zero-order chi connectivity index (χ0) is 19.4. The summed E-state index contributed by atoms with van der Waals surface area (Å²) in [5.41, 5.74) is 10.1. The lowest BCUT2D eigenvalue weighted by molar-refractivity contribution is -0.111. The number of nitrogens with one attached hydrogen (secondary N) is 1. The maximum absolute atomic E-state index is 12.2. The van der Waals surface area contributed by atoms with Crippen LogP contribution in [0, 0.1) is 0 Å². The van der Waals surface area contributed by atoms with Crippen molar-refractivity contribution < 1.29 is 4.79 Å². The zero-order valence-corrected chi connectivity index (χ0v) is 16.3. The van der Waals surface area contributed by atoms with Gasteiger partial charge in [-0.1, -0.05) is 42.6 Å². The van der Waals surface area contributed by atoms with Crippen molar-refractivity contribution >= 4 is 57.5 Å². The minimum atomic E-state index is -0.255. The Kier molecular flexibility index (Phi) is 5.99.